The number of ether oxygens (including phenoxy) is 1. The van der Waals surface area contributed by atoms with Crippen molar-refractivity contribution in [1.82, 2.24) is 9.88 Å². The molecule has 0 saturated heterocycles. The molecule has 0 unspecified atom stereocenters. The van der Waals surface area contributed by atoms with Crippen LogP contribution in [0.4, 0.5) is 4.39 Å². The monoisotopic (exact) mass is 418 g/mol. The Balaban J connectivity index is 1.85. The predicted octanol–water partition coefficient (Wildman–Crippen LogP) is 4.24. The van der Waals surface area contributed by atoms with Crippen molar-refractivity contribution in [1.29, 1.82) is 0 Å². The molecule has 1 N–H and O–H groups in total. The third kappa shape index (κ3) is 7.48. The van der Waals surface area contributed by atoms with Crippen molar-refractivity contribution in [2.24, 2.45) is 5.92 Å². The van der Waals surface area contributed by atoms with Gasteiger partial charge in [-0.1, -0.05) is 25.7 Å². The fourth-order valence-corrected chi connectivity index (χ4v) is 3.85. The number of aromatic nitrogens is 1. The smallest absolute Gasteiger partial charge is 0.355 e. The van der Waals surface area contributed by atoms with Gasteiger partial charge in [0, 0.05) is 17.0 Å². The van der Waals surface area contributed by atoms with Gasteiger partial charge in [0.05, 0.1) is 18.2 Å². The normalized spacial score (nSPS) is 10.9. The predicted molar refractivity (Wildman–Crippen MR) is 113 cm³/mol. The lowest BCUT2D eigenvalue weighted by Crippen LogP contribution is -2.23. The molecule has 0 saturated carbocycles. The Morgan fingerprint density at radius 1 is 1.41 bits per heavy atom. The molecular formula is C22H27FN2O3S. The zero-order valence-corrected chi connectivity index (χ0v) is 18.1. The van der Waals surface area contributed by atoms with Gasteiger partial charge in [0.25, 0.3) is 0 Å². The number of aromatic carboxylic acids is 1. The number of rotatable bonds is 9. The Bertz CT molecular complexity index is 899. The molecule has 2 aromatic rings. The summed E-state index contributed by atoms with van der Waals surface area (Å²) in [5, 5.41) is 9.87. The minimum atomic E-state index is -1.02. The summed E-state index contributed by atoms with van der Waals surface area (Å²) in [4.78, 5) is 18.0. The van der Waals surface area contributed by atoms with Gasteiger partial charge in [-0.2, -0.15) is 0 Å². The first-order valence-electron chi connectivity index (χ1n) is 9.55. The quantitative estimate of drug-likeness (QED) is 0.488. The highest BCUT2D eigenvalue weighted by atomic mass is 32.1. The van der Waals surface area contributed by atoms with Gasteiger partial charge in [-0.15, -0.1) is 11.3 Å². The Labute approximate surface area is 175 Å². The minimum Gasteiger partial charge on any atom is -0.491 e. The molecule has 2 rings (SSSR count). The molecule has 0 bridgehead atoms. The summed E-state index contributed by atoms with van der Waals surface area (Å²) in [5.41, 5.74) is 0.708. The van der Waals surface area contributed by atoms with Crippen molar-refractivity contribution in [2.75, 3.05) is 26.7 Å². The summed E-state index contributed by atoms with van der Waals surface area (Å²) in [5.74, 6) is 5.30. The molecule has 0 amide bonds. The van der Waals surface area contributed by atoms with Crippen molar-refractivity contribution >= 4 is 17.3 Å². The summed E-state index contributed by atoms with van der Waals surface area (Å²) < 4.78 is 19.8. The van der Waals surface area contributed by atoms with E-state index in [-0.39, 0.29) is 18.1 Å². The van der Waals surface area contributed by atoms with Crippen LogP contribution in [0, 0.1) is 30.5 Å². The Hall–Kier alpha value is -2.43. The zero-order valence-electron chi connectivity index (χ0n) is 17.3. The summed E-state index contributed by atoms with van der Waals surface area (Å²) in [6.07, 6.45) is 1.10. The maximum absolute atomic E-state index is 14.2. The number of thiazole rings is 1. The van der Waals surface area contributed by atoms with Gasteiger partial charge >= 0.3 is 5.97 Å². The fraction of sp³-hybridized carbons (Fsp3) is 0.455. The number of carboxylic acids is 1. The highest BCUT2D eigenvalue weighted by molar-refractivity contribution is 7.11. The number of hydrogen-bond donors (Lipinski definition) is 1. The molecule has 0 atom stereocenters. The zero-order chi connectivity index (χ0) is 21.4. The maximum atomic E-state index is 14.2. The summed E-state index contributed by atoms with van der Waals surface area (Å²) in [7, 11) is 2.01. The van der Waals surface area contributed by atoms with Crippen LogP contribution < -0.4 is 4.74 Å². The van der Waals surface area contributed by atoms with Gasteiger partial charge in [-0.25, -0.2) is 14.2 Å². The van der Waals surface area contributed by atoms with Crippen LogP contribution >= 0.6 is 11.3 Å². The van der Waals surface area contributed by atoms with E-state index in [9.17, 15) is 9.18 Å². The van der Waals surface area contributed by atoms with Crippen molar-refractivity contribution in [3.8, 4) is 17.6 Å². The van der Waals surface area contributed by atoms with E-state index in [1.807, 2.05) is 7.05 Å². The Morgan fingerprint density at radius 3 is 2.83 bits per heavy atom. The summed E-state index contributed by atoms with van der Waals surface area (Å²) in [6.45, 7) is 7.97. The van der Waals surface area contributed by atoms with E-state index in [1.165, 1.54) is 17.4 Å². The van der Waals surface area contributed by atoms with Crippen LogP contribution in [-0.2, 0) is 6.42 Å². The van der Waals surface area contributed by atoms with E-state index in [0.717, 1.165) is 11.6 Å². The van der Waals surface area contributed by atoms with Crippen LogP contribution in [0.15, 0.2) is 18.2 Å². The second-order valence-corrected chi connectivity index (χ2v) is 8.59. The van der Waals surface area contributed by atoms with Crippen molar-refractivity contribution in [3.05, 3.63) is 45.2 Å². The van der Waals surface area contributed by atoms with Crippen LogP contribution in [0.25, 0.3) is 0 Å². The van der Waals surface area contributed by atoms with E-state index >= 15 is 0 Å². The van der Waals surface area contributed by atoms with E-state index < -0.39 is 11.8 Å². The average molecular weight is 419 g/mol. The number of benzene rings is 1. The van der Waals surface area contributed by atoms with Gasteiger partial charge in [-0.3, -0.25) is 4.90 Å². The molecule has 0 spiro atoms. The third-order valence-electron chi connectivity index (χ3n) is 4.00. The van der Waals surface area contributed by atoms with Crippen molar-refractivity contribution in [3.63, 3.8) is 0 Å². The lowest BCUT2D eigenvalue weighted by molar-refractivity contribution is 0.0690. The number of carbonyl (C=O) groups is 1. The van der Waals surface area contributed by atoms with Gasteiger partial charge in [0.15, 0.2) is 17.3 Å². The van der Waals surface area contributed by atoms with Crippen LogP contribution in [-0.4, -0.2) is 47.7 Å². The van der Waals surface area contributed by atoms with E-state index in [2.05, 4.69) is 35.6 Å². The molecule has 0 aliphatic heterocycles. The number of hydrogen-bond acceptors (Lipinski definition) is 5. The van der Waals surface area contributed by atoms with Crippen molar-refractivity contribution < 1.29 is 19.0 Å². The molecular weight excluding hydrogens is 391 g/mol. The van der Waals surface area contributed by atoms with Gasteiger partial charge in [0.2, 0.25) is 0 Å². The Kier molecular flexibility index (Phi) is 8.62. The molecule has 1 aromatic heterocycles. The molecule has 7 heteroatoms. The molecule has 0 fully saturated rings. The average Bonchev–Trinajstić information content (AvgIpc) is 3.00. The standard InChI is InChI=1S/C22H27FN2O3S/c1-15(2)14-25(4)11-5-7-17-9-10-19(18(23)13-17)28-12-6-8-20-21(22(26)27)24-16(3)29-20/h9-10,13,15H,6,8,11-12,14H2,1-4H3,(H,26,27). The van der Waals surface area contributed by atoms with Crippen molar-refractivity contribution in [2.45, 2.75) is 33.6 Å². The molecule has 1 heterocycles. The molecule has 0 radical (unpaired) electrons. The lowest BCUT2D eigenvalue weighted by Gasteiger charge is -2.15. The third-order valence-corrected chi connectivity index (χ3v) is 5.03. The van der Waals surface area contributed by atoms with Crippen LogP contribution in [0.5, 0.6) is 5.75 Å². The first kappa shape index (κ1) is 22.9. The maximum Gasteiger partial charge on any atom is 0.355 e. The fourth-order valence-electron chi connectivity index (χ4n) is 2.88. The first-order chi connectivity index (χ1) is 13.8. The van der Waals surface area contributed by atoms with E-state index in [0.29, 0.717) is 35.7 Å². The first-order valence-corrected chi connectivity index (χ1v) is 10.4. The molecule has 5 nitrogen and oxygen atoms in total. The van der Waals surface area contributed by atoms with Gasteiger partial charge in [0.1, 0.15) is 0 Å². The van der Waals surface area contributed by atoms with E-state index in [4.69, 9.17) is 9.84 Å². The van der Waals surface area contributed by atoms with Crippen LogP contribution in [0.2, 0.25) is 0 Å². The van der Waals surface area contributed by atoms with Gasteiger partial charge < -0.3 is 9.84 Å². The largest absolute Gasteiger partial charge is 0.491 e. The highest BCUT2D eigenvalue weighted by Gasteiger charge is 2.15. The summed E-state index contributed by atoms with van der Waals surface area (Å²) >= 11 is 1.37. The second-order valence-electron chi connectivity index (χ2n) is 7.30. The molecule has 156 valence electrons. The van der Waals surface area contributed by atoms with Crippen LogP contribution in [0.3, 0.4) is 0 Å². The Morgan fingerprint density at radius 2 is 2.17 bits per heavy atom. The second kappa shape index (κ2) is 10.9. The molecule has 1 aromatic carbocycles. The topological polar surface area (TPSA) is 62.7 Å². The molecule has 0 aliphatic carbocycles. The van der Waals surface area contributed by atoms with E-state index in [1.54, 1.807) is 19.1 Å². The number of carboxylic acid groups (broad SMARTS) is 1. The minimum absolute atomic E-state index is 0.0978. The molecule has 0 aliphatic rings. The molecule has 29 heavy (non-hydrogen) atoms. The number of halogens is 1. The highest BCUT2D eigenvalue weighted by Crippen LogP contribution is 2.21. The number of nitrogens with zero attached hydrogens (tertiary/aromatic N) is 2. The summed E-state index contributed by atoms with van der Waals surface area (Å²) in [6, 6.07) is 4.69. The van der Waals surface area contributed by atoms with Gasteiger partial charge in [-0.05, 0) is 50.9 Å². The lowest BCUT2D eigenvalue weighted by atomic mass is 10.2. The SMILES string of the molecule is Cc1nc(C(=O)O)c(CCCOc2ccc(C#CCN(C)CC(C)C)cc2F)s1. The number of aryl methyl sites for hydroxylation is 2. The van der Waals surface area contributed by atoms with Crippen LogP contribution in [0.1, 0.15) is 46.2 Å².